The summed E-state index contributed by atoms with van der Waals surface area (Å²) in [6.45, 7) is 7.22. The van der Waals surface area contributed by atoms with Crippen LogP contribution in [0.15, 0.2) is 6.07 Å². The van der Waals surface area contributed by atoms with Gasteiger partial charge in [0.05, 0.1) is 27.2 Å². The summed E-state index contributed by atoms with van der Waals surface area (Å²) < 4.78 is 6.32. The molecule has 0 aromatic heterocycles. The number of aliphatic hydroxyl groups is 1. The molecule has 1 aromatic carbocycles. The lowest BCUT2D eigenvalue weighted by molar-refractivity contribution is -0.892. The Balaban J connectivity index is 1.73. The van der Waals surface area contributed by atoms with E-state index in [0.717, 1.165) is 16.7 Å². The van der Waals surface area contributed by atoms with Crippen molar-refractivity contribution in [2.75, 3.05) is 40.3 Å². The van der Waals surface area contributed by atoms with Crippen molar-refractivity contribution in [2.24, 2.45) is 5.92 Å². The highest BCUT2D eigenvalue weighted by Crippen LogP contribution is 2.32. The van der Waals surface area contributed by atoms with Gasteiger partial charge in [-0.1, -0.05) is 0 Å². The number of carbonyl (C=O) groups excluding carboxylic acids is 1. The van der Waals surface area contributed by atoms with Crippen LogP contribution in [0.25, 0.3) is 0 Å². The minimum Gasteiger partial charge on any atom is -0.507 e. The molecule has 0 heterocycles. The van der Waals surface area contributed by atoms with Crippen LogP contribution in [0.5, 0.6) is 11.5 Å². The topological polar surface area (TPSA) is 131 Å². The van der Waals surface area contributed by atoms with Gasteiger partial charge in [-0.25, -0.2) is 0 Å². The molecule has 10 heteroatoms. The number of aliphatic hydroxyl groups excluding tert-OH is 1. The predicted octanol–water partition coefficient (Wildman–Crippen LogP) is 2.02. The van der Waals surface area contributed by atoms with Gasteiger partial charge < -0.3 is 29.6 Å². The van der Waals surface area contributed by atoms with Crippen molar-refractivity contribution in [3.63, 3.8) is 0 Å². The zero-order valence-electron chi connectivity index (χ0n) is 20.3. The third kappa shape index (κ3) is 8.04. The zero-order valence-corrected chi connectivity index (χ0v) is 20.3. The smallest absolute Gasteiger partial charge is 0.294 e. The summed E-state index contributed by atoms with van der Waals surface area (Å²) in [6, 6.07) is 1.77. The van der Waals surface area contributed by atoms with Crippen LogP contribution >= 0.6 is 0 Å². The maximum atomic E-state index is 12.4. The lowest BCUT2D eigenvalue weighted by atomic mass is 9.87. The standard InChI is InChI=1S/C23H37N3O7/c1-15-12-21(16(2)17(3)22(15)28)32-14-19(27)13-26(4,5)11-10-24-23(29)18-6-8-20(9-7-18)33-25(30)31/h12,18-20,27H,6-11,13-14H2,1-5H3,(H-,24,28,29)/p+1. The first-order valence-corrected chi connectivity index (χ1v) is 11.4. The Morgan fingerprint density at radius 2 is 1.88 bits per heavy atom. The number of nitrogens with one attached hydrogen (secondary N) is 1. The number of likely N-dealkylation sites (N-methyl/N-ethyl adjacent to an activating group) is 1. The van der Waals surface area contributed by atoms with Gasteiger partial charge in [-0.05, 0) is 69.2 Å². The molecule has 0 bridgehead atoms. The fraction of sp³-hybridized carbons (Fsp3) is 0.696. The number of hydrogen-bond donors (Lipinski definition) is 3. The quantitative estimate of drug-likeness (QED) is 0.257. The molecule has 1 saturated carbocycles. The van der Waals surface area contributed by atoms with E-state index in [2.05, 4.69) is 10.2 Å². The van der Waals surface area contributed by atoms with Crippen LogP contribution in [-0.2, 0) is 9.63 Å². The van der Waals surface area contributed by atoms with E-state index in [1.165, 1.54) is 0 Å². The van der Waals surface area contributed by atoms with Crippen molar-refractivity contribution < 1.29 is 34.2 Å². The number of hydrogen-bond acceptors (Lipinski definition) is 7. The number of aromatic hydroxyl groups is 1. The highest BCUT2D eigenvalue weighted by molar-refractivity contribution is 5.78. The van der Waals surface area contributed by atoms with Gasteiger partial charge in [-0.15, -0.1) is 10.1 Å². The first-order chi connectivity index (χ1) is 15.4. The molecule has 1 unspecified atom stereocenters. The van der Waals surface area contributed by atoms with Crippen molar-refractivity contribution in [3.05, 3.63) is 32.9 Å². The molecule has 186 valence electrons. The molecule has 1 aliphatic rings. The third-order valence-corrected chi connectivity index (χ3v) is 6.44. The fourth-order valence-corrected chi connectivity index (χ4v) is 4.26. The Labute approximate surface area is 195 Å². The SMILES string of the molecule is Cc1cc(OCC(O)C[N+](C)(C)CCNC(=O)C2CCC(O[N+](=O)[O-])CC2)c(C)c(C)c1O. The van der Waals surface area contributed by atoms with Crippen molar-refractivity contribution in [1.82, 2.24) is 5.32 Å². The number of phenolic OH excluding ortho intramolecular Hbond substituents is 1. The van der Waals surface area contributed by atoms with Gasteiger partial charge >= 0.3 is 0 Å². The van der Waals surface area contributed by atoms with Crippen molar-refractivity contribution in [2.45, 2.75) is 58.7 Å². The van der Waals surface area contributed by atoms with Crippen LogP contribution in [0.2, 0.25) is 0 Å². The first-order valence-electron chi connectivity index (χ1n) is 11.4. The van der Waals surface area contributed by atoms with Crippen LogP contribution in [-0.4, -0.2) is 78.2 Å². The summed E-state index contributed by atoms with van der Waals surface area (Å²) >= 11 is 0. The van der Waals surface area contributed by atoms with Crippen molar-refractivity contribution in [1.29, 1.82) is 0 Å². The van der Waals surface area contributed by atoms with E-state index in [0.29, 0.717) is 55.6 Å². The van der Waals surface area contributed by atoms with Crippen molar-refractivity contribution in [3.8, 4) is 11.5 Å². The molecular weight excluding hydrogens is 430 g/mol. The van der Waals surface area contributed by atoms with Gasteiger partial charge in [0.1, 0.15) is 36.9 Å². The van der Waals surface area contributed by atoms with Crippen LogP contribution < -0.4 is 10.1 Å². The first kappa shape index (κ1) is 26.7. The minimum atomic E-state index is -0.765. The van der Waals surface area contributed by atoms with Gasteiger partial charge in [0, 0.05) is 5.92 Å². The lowest BCUT2D eigenvalue weighted by Gasteiger charge is -2.32. The average molecular weight is 469 g/mol. The van der Waals surface area contributed by atoms with E-state index in [1.54, 1.807) is 6.07 Å². The number of phenols is 1. The fourth-order valence-electron chi connectivity index (χ4n) is 4.26. The van der Waals surface area contributed by atoms with Crippen LogP contribution in [0.1, 0.15) is 42.4 Å². The van der Waals surface area contributed by atoms with E-state index >= 15 is 0 Å². The number of rotatable bonds is 11. The summed E-state index contributed by atoms with van der Waals surface area (Å²) in [7, 11) is 3.96. The van der Waals surface area contributed by atoms with E-state index < -0.39 is 17.3 Å². The molecule has 10 nitrogen and oxygen atoms in total. The maximum absolute atomic E-state index is 12.4. The second-order valence-electron chi connectivity index (χ2n) is 9.69. The molecule has 2 rings (SSSR count). The lowest BCUT2D eigenvalue weighted by Crippen LogP contribution is -2.51. The molecule has 1 atom stereocenters. The Morgan fingerprint density at radius 3 is 2.48 bits per heavy atom. The normalized spacial score (nSPS) is 19.6. The summed E-state index contributed by atoms with van der Waals surface area (Å²) in [6.07, 6.45) is 1.06. The summed E-state index contributed by atoms with van der Waals surface area (Å²) in [5, 5.41) is 33.1. The van der Waals surface area contributed by atoms with Gasteiger partial charge in [0.2, 0.25) is 5.91 Å². The number of aryl methyl sites for hydroxylation is 1. The number of carbonyl (C=O) groups is 1. The summed E-state index contributed by atoms with van der Waals surface area (Å²) in [4.78, 5) is 27.5. The molecule has 1 aliphatic carbocycles. The summed E-state index contributed by atoms with van der Waals surface area (Å²) in [5.74, 6) is 0.731. The Bertz CT molecular complexity index is 836. The molecule has 0 radical (unpaired) electrons. The number of amides is 1. The Morgan fingerprint density at radius 1 is 1.24 bits per heavy atom. The Kier molecular flexibility index (Phi) is 9.30. The zero-order chi connectivity index (χ0) is 24.8. The molecule has 0 spiro atoms. The van der Waals surface area contributed by atoms with Gasteiger partial charge in [-0.3, -0.25) is 4.79 Å². The molecule has 3 N–H and O–H groups in total. The van der Waals surface area contributed by atoms with E-state index in [-0.39, 0.29) is 24.2 Å². The molecule has 0 aliphatic heterocycles. The largest absolute Gasteiger partial charge is 0.507 e. The van der Waals surface area contributed by atoms with Crippen molar-refractivity contribution >= 4 is 5.91 Å². The number of nitrogens with zero attached hydrogens (tertiary/aromatic N) is 2. The van der Waals surface area contributed by atoms with Gasteiger partial charge in [0.15, 0.2) is 0 Å². The monoisotopic (exact) mass is 468 g/mol. The van der Waals surface area contributed by atoms with Crippen LogP contribution in [0, 0.1) is 36.8 Å². The van der Waals surface area contributed by atoms with E-state index in [9.17, 15) is 25.1 Å². The van der Waals surface area contributed by atoms with Gasteiger partial charge in [0.25, 0.3) is 5.09 Å². The van der Waals surface area contributed by atoms with E-state index in [4.69, 9.17) is 4.74 Å². The number of quaternary nitrogens is 1. The maximum Gasteiger partial charge on any atom is 0.294 e. The summed E-state index contributed by atoms with van der Waals surface area (Å²) in [5.41, 5.74) is 2.35. The van der Waals surface area contributed by atoms with E-state index in [1.807, 2.05) is 34.9 Å². The molecule has 1 aromatic rings. The molecule has 1 fully saturated rings. The highest BCUT2D eigenvalue weighted by atomic mass is 17.0. The highest BCUT2D eigenvalue weighted by Gasteiger charge is 2.28. The van der Waals surface area contributed by atoms with Gasteiger partial charge in [-0.2, -0.15) is 0 Å². The third-order valence-electron chi connectivity index (χ3n) is 6.44. The number of benzene rings is 1. The minimum absolute atomic E-state index is 0.0352. The molecule has 33 heavy (non-hydrogen) atoms. The van der Waals surface area contributed by atoms with Crippen LogP contribution in [0.3, 0.4) is 0 Å². The molecule has 1 amide bonds. The predicted molar refractivity (Wildman–Crippen MR) is 122 cm³/mol. The van der Waals surface area contributed by atoms with Crippen LogP contribution in [0.4, 0.5) is 0 Å². The average Bonchev–Trinajstić information content (AvgIpc) is 2.73. The second kappa shape index (κ2) is 11.5. The number of ether oxygens (including phenoxy) is 1. The molecular formula is C23H38N3O7+. The second-order valence-corrected chi connectivity index (χ2v) is 9.69. The molecule has 0 saturated heterocycles. The Hall–Kier alpha value is -2.59.